The number of nitro groups is 1. The molecule has 104 valence electrons. The number of rotatable bonds is 5. The molecule has 20 heavy (non-hydrogen) atoms. The third kappa shape index (κ3) is 3.16. The van der Waals surface area contributed by atoms with Crippen molar-refractivity contribution >= 4 is 5.69 Å². The predicted molar refractivity (Wildman–Crippen MR) is 72.5 cm³/mol. The lowest BCUT2D eigenvalue weighted by Gasteiger charge is -2.14. The number of aromatic nitrogens is 1. The smallest absolute Gasteiger partial charge is 0.276 e. The van der Waals surface area contributed by atoms with Crippen LogP contribution in [0.15, 0.2) is 42.7 Å². The first-order valence-electron chi connectivity index (χ1n) is 6.14. The Balaban J connectivity index is 2.13. The number of benzene rings is 1. The second-order valence-corrected chi connectivity index (χ2v) is 4.38. The van der Waals surface area contributed by atoms with Gasteiger partial charge in [0.25, 0.3) is 5.69 Å². The fraction of sp³-hybridized carbons (Fsp3) is 0.214. The van der Waals surface area contributed by atoms with E-state index in [1.54, 1.807) is 18.5 Å². The zero-order valence-corrected chi connectivity index (χ0v) is 10.9. The molecule has 0 aliphatic rings. The van der Waals surface area contributed by atoms with Gasteiger partial charge in [0, 0.05) is 31.0 Å². The van der Waals surface area contributed by atoms with Gasteiger partial charge in [0.15, 0.2) is 0 Å². The summed E-state index contributed by atoms with van der Waals surface area (Å²) in [5.41, 5.74) is 0.788. The standard InChI is InChI=1S/C14H14FN3O2/c1-10(11-4-3-7-16-8-11)17-9-12-13(15)5-2-6-14(12)18(19)20/h2-8,10,17H,9H2,1H3. The molecule has 0 amide bonds. The van der Waals surface area contributed by atoms with Gasteiger partial charge in [0.05, 0.1) is 10.5 Å². The first-order chi connectivity index (χ1) is 9.59. The van der Waals surface area contributed by atoms with E-state index in [0.29, 0.717) is 0 Å². The molecular weight excluding hydrogens is 261 g/mol. The van der Waals surface area contributed by atoms with Crippen LogP contribution >= 0.6 is 0 Å². The van der Waals surface area contributed by atoms with Gasteiger partial charge < -0.3 is 5.32 Å². The average Bonchev–Trinajstić information content (AvgIpc) is 2.46. The van der Waals surface area contributed by atoms with Crippen molar-refractivity contribution < 1.29 is 9.31 Å². The first-order valence-corrected chi connectivity index (χ1v) is 6.14. The van der Waals surface area contributed by atoms with E-state index in [4.69, 9.17) is 0 Å². The molecule has 1 heterocycles. The highest BCUT2D eigenvalue weighted by Crippen LogP contribution is 2.22. The molecule has 0 spiro atoms. The Morgan fingerprint density at radius 1 is 1.40 bits per heavy atom. The molecule has 0 radical (unpaired) electrons. The zero-order valence-electron chi connectivity index (χ0n) is 10.9. The van der Waals surface area contributed by atoms with Crippen molar-refractivity contribution in [3.63, 3.8) is 0 Å². The maximum absolute atomic E-state index is 13.7. The molecule has 5 nitrogen and oxygen atoms in total. The van der Waals surface area contributed by atoms with Crippen molar-refractivity contribution in [2.24, 2.45) is 0 Å². The second kappa shape index (κ2) is 6.21. The Morgan fingerprint density at radius 3 is 2.85 bits per heavy atom. The normalized spacial score (nSPS) is 12.1. The molecule has 2 rings (SSSR count). The van der Waals surface area contributed by atoms with Crippen molar-refractivity contribution in [3.8, 4) is 0 Å². The first kappa shape index (κ1) is 14.1. The Labute approximate surface area is 115 Å². The van der Waals surface area contributed by atoms with Gasteiger partial charge in [-0.15, -0.1) is 0 Å². The summed E-state index contributed by atoms with van der Waals surface area (Å²) in [4.78, 5) is 14.3. The number of hydrogen-bond acceptors (Lipinski definition) is 4. The monoisotopic (exact) mass is 275 g/mol. The van der Waals surface area contributed by atoms with E-state index in [0.717, 1.165) is 5.56 Å². The van der Waals surface area contributed by atoms with Crippen LogP contribution < -0.4 is 5.32 Å². The highest BCUT2D eigenvalue weighted by atomic mass is 19.1. The van der Waals surface area contributed by atoms with Crippen molar-refractivity contribution in [2.75, 3.05) is 0 Å². The molecule has 2 aromatic rings. The van der Waals surface area contributed by atoms with Crippen LogP contribution in [0.4, 0.5) is 10.1 Å². The minimum Gasteiger partial charge on any atom is -0.306 e. The molecule has 1 unspecified atom stereocenters. The minimum absolute atomic E-state index is 0.0632. The van der Waals surface area contributed by atoms with E-state index in [1.807, 2.05) is 13.0 Å². The SMILES string of the molecule is CC(NCc1c(F)cccc1[N+](=O)[O-])c1cccnc1. The number of halogens is 1. The molecule has 0 saturated heterocycles. The second-order valence-electron chi connectivity index (χ2n) is 4.38. The van der Waals surface area contributed by atoms with Crippen molar-refractivity contribution in [1.82, 2.24) is 10.3 Å². The summed E-state index contributed by atoms with van der Waals surface area (Å²) < 4.78 is 13.7. The topological polar surface area (TPSA) is 68.1 Å². The lowest BCUT2D eigenvalue weighted by molar-refractivity contribution is -0.385. The van der Waals surface area contributed by atoms with Crippen molar-refractivity contribution in [2.45, 2.75) is 19.5 Å². The molecule has 0 saturated carbocycles. The van der Waals surface area contributed by atoms with Crippen molar-refractivity contribution in [3.05, 3.63) is 69.8 Å². The lowest BCUT2D eigenvalue weighted by Crippen LogP contribution is -2.19. The van der Waals surface area contributed by atoms with Crippen LogP contribution in [0.1, 0.15) is 24.1 Å². The number of hydrogen-bond donors (Lipinski definition) is 1. The highest BCUT2D eigenvalue weighted by Gasteiger charge is 2.18. The lowest BCUT2D eigenvalue weighted by atomic mass is 10.1. The molecule has 0 fully saturated rings. The number of nitrogens with zero attached hydrogens (tertiary/aromatic N) is 2. The van der Waals surface area contributed by atoms with Crippen molar-refractivity contribution in [1.29, 1.82) is 0 Å². The molecule has 0 aliphatic heterocycles. The summed E-state index contributed by atoms with van der Waals surface area (Å²) in [6.07, 6.45) is 3.37. The van der Waals surface area contributed by atoms with E-state index in [-0.39, 0.29) is 23.8 Å². The molecule has 0 aliphatic carbocycles. The fourth-order valence-corrected chi connectivity index (χ4v) is 1.90. The van der Waals surface area contributed by atoms with Gasteiger partial charge >= 0.3 is 0 Å². The van der Waals surface area contributed by atoms with E-state index in [2.05, 4.69) is 10.3 Å². The van der Waals surface area contributed by atoms with Gasteiger partial charge in [-0.3, -0.25) is 15.1 Å². The zero-order chi connectivity index (χ0) is 14.5. The largest absolute Gasteiger partial charge is 0.306 e. The third-order valence-electron chi connectivity index (χ3n) is 3.06. The Kier molecular flexibility index (Phi) is 4.37. The van der Waals surface area contributed by atoms with E-state index >= 15 is 0 Å². The molecule has 1 aromatic carbocycles. The molecule has 0 bridgehead atoms. The van der Waals surface area contributed by atoms with E-state index in [1.165, 1.54) is 18.2 Å². The maximum Gasteiger partial charge on any atom is 0.276 e. The summed E-state index contributed by atoms with van der Waals surface area (Å²) in [5.74, 6) is -0.579. The molecular formula is C14H14FN3O2. The Bertz CT molecular complexity index is 605. The van der Waals surface area contributed by atoms with Crippen LogP contribution in [0, 0.1) is 15.9 Å². The number of pyridine rings is 1. The summed E-state index contributed by atoms with van der Waals surface area (Å²) in [6, 6.07) is 7.47. The quantitative estimate of drug-likeness (QED) is 0.672. The highest BCUT2D eigenvalue weighted by molar-refractivity contribution is 5.40. The molecule has 1 atom stereocenters. The van der Waals surface area contributed by atoms with Gasteiger partial charge in [-0.25, -0.2) is 4.39 Å². The van der Waals surface area contributed by atoms with Gasteiger partial charge in [0.1, 0.15) is 5.82 Å². The van der Waals surface area contributed by atoms with Gasteiger partial charge in [-0.2, -0.15) is 0 Å². The fourth-order valence-electron chi connectivity index (χ4n) is 1.90. The number of nitro benzene ring substituents is 1. The summed E-state index contributed by atoms with van der Waals surface area (Å²) in [7, 11) is 0. The van der Waals surface area contributed by atoms with Crippen LogP contribution in [0.2, 0.25) is 0 Å². The van der Waals surface area contributed by atoms with Gasteiger partial charge in [0.2, 0.25) is 0 Å². The van der Waals surface area contributed by atoms with Crippen LogP contribution in [-0.4, -0.2) is 9.91 Å². The van der Waals surface area contributed by atoms with Gasteiger partial charge in [-0.1, -0.05) is 12.1 Å². The maximum atomic E-state index is 13.7. The Morgan fingerprint density at radius 2 is 2.20 bits per heavy atom. The number of nitrogens with one attached hydrogen (secondary N) is 1. The molecule has 1 aromatic heterocycles. The van der Waals surface area contributed by atoms with E-state index in [9.17, 15) is 14.5 Å². The summed E-state index contributed by atoms with van der Waals surface area (Å²) >= 11 is 0. The Hall–Kier alpha value is -2.34. The van der Waals surface area contributed by atoms with Crippen LogP contribution in [0.3, 0.4) is 0 Å². The summed E-state index contributed by atoms with van der Waals surface area (Å²) in [6.45, 7) is 1.97. The summed E-state index contributed by atoms with van der Waals surface area (Å²) in [5, 5.41) is 14.0. The third-order valence-corrected chi connectivity index (χ3v) is 3.06. The average molecular weight is 275 g/mol. The molecule has 1 N–H and O–H groups in total. The van der Waals surface area contributed by atoms with Crippen LogP contribution in [0.25, 0.3) is 0 Å². The van der Waals surface area contributed by atoms with E-state index < -0.39 is 10.7 Å². The van der Waals surface area contributed by atoms with Crippen LogP contribution in [0.5, 0.6) is 0 Å². The predicted octanol–water partition coefficient (Wildman–Crippen LogP) is 2.98. The van der Waals surface area contributed by atoms with Gasteiger partial charge in [-0.05, 0) is 24.6 Å². The van der Waals surface area contributed by atoms with Crippen LogP contribution in [-0.2, 0) is 6.54 Å². The minimum atomic E-state index is -0.579. The molecule has 6 heteroatoms.